The van der Waals surface area contributed by atoms with E-state index >= 15 is 0 Å². The van der Waals surface area contributed by atoms with Crippen LogP contribution in [0.25, 0.3) is 0 Å². The number of nitro groups is 2. The van der Waals surface area contributed by atoms with Crippen molar-refractivity contribution in [1.82, 2.24) is 4.98 Å². The van der Waals surface area contributed by atoms with E-state index in [1.807, 2.05) is 0 Å². The zero-order valence-corrected chi connectivity index (χ0v) is 10.5. The predicted octanol–water partition coefficient (Wildman–Crippen LogP) is 2.34. The minimum atomic E-state index is -0.711. The molecule has 0 aliphatic heterocycles. The summed E-state index contributed by atoms with van der Waals surface area (Å²) in [5, 5.41) is 25.4. The number of aromatic nitrogens is 1. The molecule has 1 aromatic carbocycles. The van der Waals surface area contributed by atoms with Gasteiger partial charge in [-0.3, -0.25) is 30.6 Å². The number of hydrogen-bond donors (Lipinski definition) is 1. The third kappa shape index (κ3) is 3.56. The zero-order chi connectivity index (χ0) is 15.2. The van der Waals surface area contributed by atoms with Gasteiger partial charge in [0.25, 0.3) is 5.69 Å². The highest BCUT2D eigenvalue weighted by molar-refractivity contribution is 5.80. The lowest BCUT2D eigenvalue weighted by Gasteiger charge is -2.01. The van der Waals surface area contributed by atoms with E-state index in [4.69, 9.17) is 0 Å². The van der Waals surface area contributed by atoms with Gasteiger partial charge < -0.3 is 0 Å². The first-order chi connectivity index (χ1) is 10.1. The molecule has 0 unspecified atom stereocenters. The maximum absolute atomic E-state index is 10.9. The molecule has 0 fully saturated rings. The van der Waals surface area contributed by atoms with Crippen molar-refractivity contribution in [2.45, 2.75) is 0 Å². The Hall–Kier alpha value is -3.36. The van der Waals surface area contributed by atoms with Crippen molar-refractivity contribution in [2.24, 2.45) is 5.10 Å². The minimum Gasteiger partial charge on any atom is -0.272 e. The van der Waals surface area contributed by atoms with Crippen LogP contribution in [0.1, 0.15) is 5.56 Å². The monoisotopic (exact) mass is 287 g/mol. The van der Waals surface area contributed by atoms with Crippen LogP contribution < -0.4 is 5.43 Å². The fourth-order valence-electron chi connectivity index (χ4n) is 1.51. The van der Waals surface area contributed by atoms with Crippen LogP contribution >= 0.6 is 0 Å². The Morgan fingerprint density at radius 1 is 1.10 bits per heavy atom. The van der Waals surface area contributed by atoms with E-state index in [0.29, 0.717) is 0 Å². The summed E-state index contributed by atoms with van der Waals surface area (Å²) in [6, 6.07) is 6.69. The number of hydrazone groups is 1. The number of hydrogen-bond acceptors (Lipinski definition) is 7. The third-order valence-corrected chi connectivity index (χ3v) is 2.49. The number of nitrogens with one attached hydrogen (secondary N) is 1. The minimum absolute atomic E-state index is 0.0657. The molecule has 106 valence electrons. The van der Waals surface area contributed by atoms with E-state index in [2.05, 4.69) is 15.5 Å². The lowest BCUT2D eigenvalue weighted by Crippen LogP contribution is -1.98. The first-order valence-electron chi connectivity index (χ1n) is 5.70. The van der Waals surface area contributed by atoms with E-state index in [1.54, 1.807) is 24.5 Å². The van der Waals surface area contributed by atoms with E-state index in [1.165, 1.54) is 12.3 Å². The summed E-state index contributed by atoms with van der Waals surface area (Å²) in [5.41, 5.74) is 2.54. The van der Waals surface area contributed by atoms with Gasteiger partial charge in [0.1, 0.15) is 5.69 Å². The molecule has 0 saturated heterocycles. The summed E-state index contributed by atoms with van der Waals surface area (Å²) < 4.78 is 0. The van der Waals surface area contributed by atoms with Crippen molar-refractivity contribution < 1.29 is 9.85 Å². The molecule has 0 spiro atoms. The highest BCUT2D eigenvalue weighted by Gasteiger charge is 2.18. The predicted molar refractivity (Wildman–Crippen MR) is 75.2 cm³/mol. The first kappa shape index (κ1) is 14.1. The Labute approximate surface area is 118 Å². The van der Waals surface area contributed by atoms with Gasteiger partial charge in [-0.15, -0.1) is 0 Å². The highest BCUT2D eigenvalue weighted by atomic mass is 16.6. The number of pyridine rings is 1. The molecular weight excluding hydrogens is 278 g/mol. The SMILES string of the molecule is O=[N+]([O-])c1ccc(NN=Cc2ccncc2)c([N+](=O)[O-])c1. The number of nitrogens with zero attached hydrogens (tertiary/aromatic N) is 4. The Balaban J connectivity index is 2.22. The zero-order valence-electron chi connectivity index (χ0n) is 10.5. The Kier molecular flexibility index (Phi) is 4.14. The van der Waals surface area contributed by atoms with Crippen molar-refractivity contribution in [3.63, 3.8) is 0 Å². The lowest BCUT2D eigenvalue weighted by molar-refractivity contribution is -0.393. The van der Waals surface area contributed by atoms with Crippen LogP contribution in [0, 0.1) is 20.2 Å². The van der Waals surface area contributed by atoms with Crippen LogP contribution in [0.3, 0.4) is 0 Å². The van der Waals surface area contributed by atoms with E-state index in [0.717, 1.165) is 17.7 Å². The molecule has 0 radical (unpaired) electrons. The molecule has 1 N–H and O–H groups in total. The van der Waals surface area contributed by atoms with Gasteiger partial charge in [0.2, 0.25) is 0 Å². The summed E-state index contributed by atoms with van der Waals surface area (Å²) in [7, 11) is 0. The molecule has 1 heterocycles. The number of rotatable bonds is 5. The smallest absolute Gasteiger partial charge is 0.272 e. The first-order valence-corrected chi connectivity index (χ1v) is 5.70. The van der Waals surface area contributed by atoms with Crippen LogP contribution in [0.15, 0.2) is 47.8 Å². The van der Waals surface area contributed by atoms with Gasteiger partial charge in [0.15, 0.2) is 0 Å². The van der Waals surface area contributed by atoms with Gasteiger partial charge in [-0.2, -0.15) is 5.10 Å². The quantitative estimate of drug-likeness (QED) is 0.511. The van der Waals surface area contributed by atoms with Crippen molar-refractivity contribution in [1.29, 1.82) is 0 Å². The Bertz CT molecular complexity index is 702. The largest absolute Gasteiger partial charge is 0.301 e. The molecule has 21 heavy (non-hydrogen) atoms. The van der Waals surface area contributed by atoms with E-state index < -0.39 is 15.5 Å². The van der Waals surface area contributed by atoms with Crippen LogP contribution in [0.2, 0.25) is 0 Å². The fraction of sp³-hybridized carbons (Fsp3) is 0. The van der Waals surface area contributed by atoms with Gasteiger partial charge in [-0.1, -0.05) is 0 Å². The summed E-state index contributed by atoms with van der Waals surface area (Å²) in [6.45, 7) is 0. The summed E-state index contributed by atoms with van der Waals surface area (Å²) >= 11 is 0. The molecule has 9 heteroatoms. The van der Waals surface area contributed by atoms with Crippen LogP contribution in [0.5, 0.6) is 0 Å². The highest BCUT2D eigenvalue weighted by Crippen LogP contribution is 2.28. The van der Waals surface area contributed by atoms with Gasteiger partial charge in [0.05, 0.1) is 22.1 Å². The average molecular weight is 287 g/mol. The maximum Gasteiger partial charge on any atom is 0.301 e. The van der Waals surface area contributed by atoms with Gasteiger partial charge in [-0.05, 0) is 23.8 Å². The molecule has 0 atom stereocenters. The second-order valence-corrected chi connectivity index (χ2v) is 3.87. The number of non-ortho nitro benzene ring substituents is 1. The molecule has 2 rings (SSSR count). The molecule has 0 aliphatic rings. The second kappa shape index (κ2) is 6.19. The van der Waals surface area contributed by atoms with Crippen molar-refractivity contribution in [3.8, 4) is 0 Å². The number of anilines is 1. The number of benzene rings is 1. The lowest BCUT2D eigenvalue weighted by atomic mass is 10.2. The summed E-state index contributed by atoms with van der Waals surface area (Å²) in [6.07, 6.45) is 4.61. The second-order valence-electron chi connectivity index (χ2n) is 3.87. The Morgan fingerprint density at radius 2 is 1.81 bits per heavy atom. The summed E-state index contributed by atoms with van der Waals surface area (Å²) in [4.78, 5) is 24.0. The molecular formula is C12H9N5O4. The number of nitro benzene ring substituents is 2. The van der Waals surface area contributed by atoms with Crippen LogP contribution in [-0.2, 0) is 0 Å². The standard InChI is InChI=1S/C12H9N5O4/c18-16(19)10-1-2-11(12(7-10)17(20)21)15-14-8-9-3-5-13-6-4-9/h1-8,15H. The maximum atomic E-state index is 10.9. The van der Waals surface area contributed by atoms with Gasteiger partial charge >= 0.3 is 5.69 Å². The topological polar surface area (TPSA) is 124 Å². The van der Waals surface area contributed by atoms with Crippen LogP contribution in [-0.4, -0.2) is 21.0 Å². The Morgan fingerprint density at radius 3 is 2.43 bits per heavy atom. The average Bonchev–Trinajstić information content (AvgIpc) is 2.48. The fourth-order valence-corrected chi connectivity index (χ4v) is 1.51. The summed E-state index contributed by atoms with van der Waals surface area (Å²) in [5.74, 6) is 0. The molecule has 0 saturated carbocycles. The van der Waals surface area contributed by atoms with Crippen LogP contribution in [0.4, 0.5) is 17.1 Å². The molecule has 0 amide bonds. The normalized spacial score (nSPS) is 10.5. The van der Waals surface area contributed by atoms with E-state index in [9.17, 15) is 20.2 Å². The van der Waals surface area contributed by atoms with Crippen molar-refractivity contribution in [3.05, 3.63) is 68.5 Å². The molecule has 0 bridgehead atoms. The molecule has 2 aromatic rings. The van der Waals surface area contributed by atoms with E-state index in [-0.39, 0.29) is 11.4 Å². The molecule has 0 aliphatic carbocycles. The van der Waals surface area contributed by atoms with Gasteiger partial charge in [0, 0.05) is 18.5 Å². The van der Waals surface area contributed by atoms with Gasteiger partial charge in [-0.25, -0.2) is 0 Å². The third-order valence-electron chi connectivity index (χ3n) is 2.49. The van der Waals surface area contributed by atoms with Crippen molar-refractivity contribution >= 4 is 23.3 Å². The molecule has 1 aromatic heterocycles. The molecule has 9 nitrogen and oxygen atoms in total. The van der Waals surface area contributed by atoms with Crippen molar-refractivity contribution in [2.75, 3.05) is 5.43 Å².